The number of carbonyl (C=O) groups excluding carboxylic acids is 1. The summed E-state index contributed by atoms with van der Waals surface area (Å²) in [6, 6.07) is 5.81. The summed E-state index contributed by atoms with van der Waals surface area (Å²) >= 11 is 5.35. The molecular weight excluding hydrogens is 242 g/mol. The van der Waals surface area contributed by atoms with Gasteiger partial charge in [-0.3, -0.25) is 4.79 Å². The maximum Gasteiger partial charge on any atom is 0.316 e. The van der Waals surface area contributed by atoms with Gasteiger partial charge in [0.25, 0.3) is 0 Å². The lowest BCUT2D eigenvalue weighted by atomic mass is 10.1. The molecule has 0 spiro atoms. The van der Waals surface area contributed by atoms with E-state index in [9.17, 15) is 4.79 Å². The Morgan fingerprint density at radius 2 is 2.06 bits per heavy atom. The van der Waals surface area contributed by atoms with Gasteiger partial charge in [-0.1, -0.05) is 6.07 Å². The van der Waals surface area contributed by atoms with E-state index in [-0.39, 0.29) is 0 Å². The zero-order valence-electron chi connectivity index (χ0n) is 9.61. The zero-order valence-corrected chi connectivity index (χ0v) is 10.4. The summed E-state index contributed by atoms with van der Waals surface area (Å²) in [6.07, 6.45) is 0.742. The van der Waals surface area contributed by atoms with Crippen LogP contribution in [0.2, 0.25) is 0 Å². The number of rotatable bonds is 3. The lowest BCUT2D eigenvalue weighted by Gasteiger charge is -2.19. The monoisotopic (exact) mass is 255 g/mol. The first-order valence-corrected chi connectivity index (χ1v) is 5.84. The van der Waals surface area contributed by atoms with Crippen molar-refractivity contribution in [2.45, 2.75) is 6.42 Å². The number of nitrogens with zero attached hydrogens (tertiary/aromatic N) is 1. The van der Waals surface area contributed by atoms with E-state index in [1.54, 1.807) is 7.05 Å². The minimum atomic E-state index is -0.442. The van der Waals surface area contributed by atoms with Gasteiger partial charge in [0.15, 0.2) is 11.5 Å². The van der Waals surface area contributed by atoms with E-state index in [0.29, 0.717) is 19.8 Å². The van der Waals surface area contributed by atoms with Crippen LogP contribution in [0.4, 0.5) is 4.79 Å². The van der Waals surface area contributed by atoms with Crippen molar-refractivity contribution in [3.63, 3.8) is 0 Å². The summed E-state index contributed by atoms with van der Waals surface area (Å²) < 4.78 is 10.9. The molecule has 17 heavy (non-hydrogen) atoms. The van der Waals surface area contributed by atoms with Crippen molar-refractivity contribution in [2.75, 3.05) is 26.8 Å². The predicted octanol–water partition coefficient (Wildman–Crippen LogP) is 2.29. The molecular formula is C12H14ClNO3. The number of fused-ring (bicyclic) bond motifs is 1. The quantitative estimate of drug-likeness (QED) is 0.614. The summed E-state index contributed by atoms with van der Waals surface area (Å²) in [5, 5.41) is -0.442. The van der Waals surface area contributed by atoms with Crippen LogP contribution < -0.4 is 9.47 Å². The van der Waals surface area contributed by atoms with Crippen molar-refractivity contribution >= 4 is 17.0 Å². The third kappa shape index (κ3) is 3.03. The molecule has 0 saturated carbocycles. The number of halogens is 1. The second kappa shape index (κ2) is 5.27. The van der Waals surface area contributed by atoms with E-state index in [2.05, 4.69) is 0 Å². The topological polar surface area (TPSA) is 38.8 Å². The first-order chi connectivity index (χ1) is 8.16. The lowest BCUT2D eigenvalue weighted by molar-refractivity contribution is 0.171. The van der Waals surface area contributed by atoms with Gasteiger partial charge in [-0.15, -0.1) is 0 Å². The molecule has 4 nitrogen and oxygen atoms in total. The van der Waals surface area contributed by atoms with E-state index in [4.69, 9.17) is 21.1 Å². The molecule has 0 aliphatic carbocycles. The largest absolute Gasteiger partial charge is 0.486 e. The first kappa shape index (κ1) is 12.0. The minimum Gasteiger partial charge on any atom is -0.486 e. The minimum absolute atomic E-state index is 0.442. The van der Waals surface area contributed by atoms with Crippen LogP contribution in [0, 0.1) is 0 Å². The molecule has 0 saturated heterocycles. The molecule has 1 aromatic carbocycles. The van der Waals surface area contributed by atoms with Crippen molar-refractivity contribution in [1.82, 2.24) is 4.90 Å². The van der Waals surface area contributed by atoms with Crippen LogP contribution >= 0.6 is 11.6 Å². The van der Waals surface area contributed by atoms with Crippen LogP contribution in [-0.4, -0.2) is 37.1 Å². The molecule has 0 radical (unpaired) electrons. The molecule has 5 heteroatoms. The lowest BCUT2D eigenvalue weighted by Crippen LogP contribution is -2.23. The van der Waals surface area contributed by atoms with Gasteiger partial charge < -0.3 is 14.4 Å². The smallest absolute Gasteiger partial charge is 0.316 e. The Morgan fingerprint density at radius 1 is 1.35 bits per heavy atom. The number of benzene rings is 1. The predicted molar refractivity (Wildman–Crippen MR) is 65.0 cm³/mol. The van der Waals surface area contributed by atoms with E-state index in [1.807, 2.05) is 18.2 Å². The number of carbonyl (C=O) groups is 1. The third-order valence-electron chi connectivity index (χ3n) is 2.64. The summed E-state index contributed by atoms with van der Waals surface area (Å²) in [5.74, 6) is 1.55. The van der Waals surface area contributed by atoms with Gasteiger partial charge in [-0.25, -0.2) is 0 Å². The van der Waals surface area contributed by atoms with Crippen LogP contribution in [0.5, 0.6) is 11.5 Å². The summed E-state index contributed by atoms with van der Waals surface area (Å²) in [5.41, 5.74) is 1.10. The normalized spacial score (nSPS) is 13.3. The molecule has 1 aliphatic rings. The van der Waals surface area contributed by atoms with Crippen molar-refractivity contribution in [2.24, 2.45) is 0 Å². The summed E-state index contributed by atoms with van der Waals surface area (Å²) in [7, 11) is 1.67. The molecule has 0 fully saturated rings. The molecule has 1 heterocycles. The maximum atomic E-state index is 10.8. The van der Waals surface area contributed by atoms with Gasteiger partial charge >= 0.3 is 5.37 Å². The summed E-state index contributed by atoms with van der Waals surface area (Å²) in [4.78, 5) is 12.3. The number of ether oxygens (including phenoxy) is 2. The van der Waals surface area contributed by atoms with Crippen LogP contribution in [0.25, 0.3) is 0 Å². The fourth-order valence-corrected chi connectivity index (χ4v) is 1.71. The second-order valence-electron chi connectivity index (χ2n) is 3.90. The molecule has 0 bridgehead atoms. The molecule has 1 aromatic rings. The Labute approximate surface area is 105 Å². The fourth-order valence-electron chi connectivity index (χ4n) is 1.63. The highest BCUT2D eigenvalue weighted by molar-refractivity contribution is 6.62. The molecule has 2 rings (SSSR count). The van der Waals surface area contributed by atoms with Gasteiger partial charge in [0, 0.05) is 13.6 Å². The Kier molecular flexibility index (Phi) is 3.74. The Bertz CT molecular complexity index is 422. The van der Waals surface area contributed by atoms with Crippen molar-refractivity contribution in [3.05, 3.63) is 23.8 Å². The van der Waals surface area contributed by atoms with Crippen LogP contribution in [0.15, 0.2) is 18.2 Å². The highest BCUT2D eigenvalue weighted by atomic mass is 35.5. The van der Waals surface area contributed by atoms with Crippen molar-refractivity contribution in [1.29, 1.82) is 0 Å². The van der Waals surface area contributed by atoms with Crippen LogP contribution in [-0.2, 0) is 6.42 Å². The van der Waals surface area contributed by atoms with Crippen molar-refractivity contribution in [3.8, 4) is 11.5 Å². The molecule has 0 N–H and O–H groups in total. The third-order valence-corrected chi connectivity index (χ3v) is 2.93. The van der Waals surface area contributed by atoms with Gasteiger partial charge in [0.2, 0.25) is 0 Å². The molecule has 1 amide bonds. The number of hydrogen-bond acceptors (Lipinski definition) is 3. The van der Waals surface area contributed by atoms with E-state index in [1.165, 1.54) is 4.90 Å². The number of likely N-dealkylation sites (N-methyl/N-ethyl adjacent to an activating group) is 1. The molecule has 1 aliphatic heterocycles. The van der Waals surface area contributed by atoms with Crippen LogP contribution in [0.3, 0.4) is 0 Å². The maximum absolute atomic E-state index is 10.8. The van der Waals surface area contributed by atoms with E-state index in [0.717, 1.165) is 23.5 Å². The highest BCUT2D eigenvalue weighted by Gasteiger charge is 2.12. The zero-order chi connectivity index (χ0) is 12.3. The Hall–Kier alpha value is -1.42. The SMILES string of the molecule is CN(CCc1ccc2c(c1)OCCO2)C(=O)Cl. The molecule has 0 unspecified atom stereocenters. The Balaban J connectivity index is 2.00. The second-order valence-corrected chi connectivity index (χ2v) is 4.23. The average Bonchev–Trinajstić information content (AvgIpc) is 2.35. The van der Waals surface area contributed by atoms with Crippen LogP contribution in [0.1, 0.15) is 5.56 Å². The number of amides is 1. The fraction of sp³-hybridized carbons (Fsp3) is 0.417. The highest BCUT2D eigenvalue weighted by Crippen LogP contribution is 2.30. The summed E-state index contributed by atoms with van der Waals surface area (Å²) in [6.45, 7) is 1.76. The van der Waals surface area contributed by atoms with Gasteiger partial charge in [-0.05, 0) is 35.7 Å². The Morgan fingerprint density at radius 3 is 2.76 bits per heavy atom. The standard InChI is InChI=1S/C12H14ClNO3/c1-14(12(13)15)5-4-9-2-3-10-11(8-9)17-7-6-16-10/h2-3,8H,4-7H2,1H3. The van der Waals surface area contributed by atoms with Crippen molar-refractivity contribution < 1.29 is 14.3 Å². The van der Waals surface area contributed by atoms with Gasteiger partial charge in [-0.2, -0.15) is 0 Å². The van der Waals surface area contributed by atoms with E-state index < -0.39 is 5.37 Å². The van der Waals surface area contributed by atoms with E-state index >= 15 is 0 Å². The molecule has 0 aromatic heterocycles. The average molecular weight is 256 g/mol. The van der Waals surface area contributed by atoms with Gasteiger partial charge in [0.05, 0.1) is 0 Å². The van der Waals surface area contributed by atoms with Gasteiger partial charge in [0.1, 0.15) is 13.2 Å². The first-order valence-electron chi connectivity index (χ1n) is 5.46. The number of hydrogen-bond donors (Lipinski definition) is 0. The molecule has 92 valence electrons. The molecule has 0 atom stereocenters.